The van der Waals surface area contributed by atoms with Crippen molar-refractivity contribution in [2.24, 2.45) is 24.8 Å². The van der Waals surface area contributed by atoms with E-state index in [2.05, 4.69) is 42.6 Å². The average molecular weight is 292 g/mol. The van der Waals surface area contributed by atoms with Crippen LogP contribution in [0.1, 0.15) is 58.6 Å². The number of hydrogen-bond acceptors (Lipinski definition) is 3. The molecule has 0 aromatic carbocycles. The van der Waals surface area contributed by atoms with Crippen molar-refractivity contribution in [3.63, 3.8) is 0 Å². The lowest BCUT2D eigenvalue weighted by Gasteiger charge is -2.36. The molecular formula is C17H32N4. The summed E-state index contributed by atoms with van der Waals surface area (Å²) in [7, 11) is 1.95. The third-order valence-corrected chi connectivity index (χ3v) is 4.86. The molecule has 120 valence electrons. The predicted molar refractivity (Wildman–Crippen MR) is 87.1 cm³/mol. The van der Waals surface area contributed by atoms with Crippen LogP contribution in [0.25, 0.3) is 0 Å². The van der Waals surface area contributed by atoms with Crippen LogP contribution in [0.5, 0.6) is 0 Å². The largest absolute Gasteiger partial charge is 0.314 e. The first-order chi connectivity index (χ1) is 10.1. The van der Waals surface area contributed by atoms with Crippen LogP contribution in [0.3, 0.4) is 0 Å². The molecule has 1 saturated carbocycles. The van der Waals surface area contributed by atoms with Crippen molar-refractivity contribution in [1.82, 2.24) is 20.3 Å². The molecule has 1 aliphatic rings. The fourth-order valence-corrected chi connectivity index (χ4v) is 3.76. The summed E-state index contributed by atoms with van der Waals surface area (Å²) in [5, 5.41) is 12.0. The molecule has 0 amide bonds. The van der Waals surface area contributed by atoms with E-state index in [0.717, 1.165) is 36.4 Å². The predicted octanol–water partition coefficient (Wildman–Crippen LogP) is 3.19. The average Bonchev–Trinajstić information content (AvgIpc) is 2.83. The fourth-order valence-electron chi connectivity index (χ4n) is 3.76. The highest BCUT2D eigenvalue weighted by atomic mass is 15.4. The van der Waals surface area contributed by atoms with Gasteiger partial charge in [-0.1, -0.05) is 45.2 Å². The summed E-state index contributed by atoms with van der Waals surface area (Å²) in [5.74, 6) is 2.48. The van der Waals surface area contributed by atoms with E-state index in [1.54, 1.807) is 0 Å². The fraction of sp³-hybridized carbons (Fsp3) is 0.882. The molecule has 0 saturated heterocycles. The molecule has 1 aromatic rings. The van der Waals surface area contributed by atoms with Crippen LogP contribution in [0.2, 0.25) is 0 Å². The molecule has 21 heavy (non-hydrogen) atoms. The van der Waals surface area contributed by atoms with E-state index in [1.807, 2.05) is 11.7 Å². The highest BCUT2D eigenvalue weighted by Crippen LogP contribution is 2.37. The van der Waals surface area contributed by atoms with Crippen LogP contribution < -0.4 is 5.32 Å². The molecule has 0 radical (unpaired) electrons. The Hall–Kier alpha value is -0.900. The summed E-state index contributed by atoms with van der Waals surface area (Å²) in [6, 6.07) is 0.579. The van der Waals surface area contributed by atoms with Gasteiger partial charge in [0.25, 0.3) is 0 Å². The van der Waals surface area contributed by atoms with E-state index >= 15 is 0 Å². The Morgan fingerprint density at radius 3 is 2.76 bits per heavy atom. The minimum Gasteiger partial charge on any atom is -0.314 e. The van der Waals surface area contributed by atoms with E-state index < -0.39 is 0 Å². The molecule has 0 spiro atoms. The summed E-state index contributed by atoms with van der Waals surface area (Å²) >= 11 is 0. The summed E-state index contributed by atoms with van der Waals surface area (Å²) in [4.78, 5) is 0. The minimum absolute atomic E-state index is 0.579. The van der Waals surface area contributed by atoms with Gasteiger partial charge in [0.2, 0.25) is 0 Å². The van der Waals surface area contributed by atoms with Crippen molar-refractivity contribution in [2.45, 2.75) is 65.3 Å². The summed E-state index contributed by atoms with van der Waals surface area (Å²) in [5.41, 5.74) is 1.16. The first-order valence-corrected chi connectivity index (χ1v) is 8.67. The zero-order valence-electron chi connectivity index (χ0n) is 14.2. The lowest BCUT2D eigenvalue weighted by molar-refractivity contribution is 0.164. The Morgan fingerprint density at radius 2 is 2.14 bits per heavy atom. The minimum atomic E-state index is 0.579. The van der Waals surface area contributed by atoms with Crippen LogP contribution >= 0.6 is 0 Å². The normalized spacial score (nSPS) is 26.4. The van der Waals surface area contributed by atoms with Crippen molar-refractivity contribution in [1.29, 1.82) is 0 Å². The number of aryl methyl sites for hydroxylation is 1. The molecule has 1 aromatic heterocycles. The second kappa shape index (κ2) is 7.92. The molecule has 3 unspecified atom stereocenters. The maximum absolute atomic E-state index is 4.30. The SMILES string of the molecule is CCCC1CCC(CNC(C)C)C(Cc2cn(C)nn2)C1. The lowest BCUT2D eigenvalue weighted by atomic mass is 9.71. The van der Waals surface area contributed by atoms with E-state index in [-0.39, 0.29) is 0 Å². The van der Waals surface area contributed by atoms with Gasteiger partial charge in [-0.05, 0) is 43.6 Å². The van der Waals surface area contributed by atoms with Crippen molar-refractivity contribution >= 4 is 0 Å². The molecule has 2 rings (SSSR count). The number of nitrogens with one attached hydrogen (secondary N) is 1. The molecule has 1 aliphatic carbocycles. The zero-order valence-corrected chi connectivity index (χ0v) is 14.2. The highest BCUT2D eigenvalue weighted by Gasteiger charge is 2.30. The highest BCUT2D eigenvalue weighted by molar-refractivity contribution is 4.97. The van der Waals surface area contributed by atoms with Crippen LogP contribution in [0.15, 0.2) is 6.20 Å². The third-order valence-electron chi connectivity index (χ3n) is 4.86. The van der Waals surface area contributed by atoms with Gasteiger partial charge in [-0.3, -0.25) is 4.68 Å². The molecule has 4 nitrogen and oxygen atoms in total. The van der Waals surface area contributed by atoms with Crippen molar-refractivity contribution in [2.75, 3.05) is 6.54 Å². The second-order valence-electron chi connectivity index (χ2n) is 7.14. The van der Waals surface area contributed by atoms with Gasteiger partial charge in [0, 0.05) is 19.3 Å². The quantitative estimate of drug-likeness (QED) is 0.839. The van der Waals surface area contributed by atoms with E-state index in [0.29, 0.717) is 6.04 Å². The van der Waals surface area contributed by atoms with Gasteiger partial charge in [0.1, 0.15) is 0 Å². The van der Waals surface area contributed by atoms with Gasteiger partial charge in [0.05, 0.1) is 5.69 Å². The summed E-state index contributed by atoms with van der Waals surface area (Å²) in [6.45, 7) is 7.94. The van der Waals surface area contributed by atoms with Gasteiger partial charge in [0.15, 0.2) is 0 Å². The van der Waals surface area contributed by atoms with E-state index in [9.17, 15) is 0 Å². The molecule has 1 N–H and O–H groups in total. The number of aromatic nitrogens is 3. The molecule has 1 fully saturated rings. The van der Waals surface area contributed by atoms with Crippen LogP contribution in [0.4, 0.5) is 0 Å². The monoisotopic (exact) mass is 292 g/mol. The second-order valence-corrected chi connectivity index (χ2v) is 7.14. The molecular weight excluding hydrogens is 260 g/mol. The van der Waals surface area contributed by atoms with Gasteiger partial charge < -0.3 is 5.32 Å². The maximum Gasteiger partial charge on any atom is 0.0829 e. The maximum atomic E-state index is 4.30. The standard InChI is InChI=1S/C17H32N4/c1-5-6-14-7-8-15(11-18-13(2)3)16(9-14)10-17-12-21(4)20-19-17/h12-16,18H,5-11H2,1-4H3. The molecule has 3 atom stereocenters. The Morgan fingerprint density at radius 1 is 1.33 bits per heavy atom. The van der Waals surface area contributed by atoms with Crippen molar-refractivity contribution in [3.05, 3.63) is 11.9 Å². The Kier molecular flexibility index (Phi) is 6.22. The van der Waals surface area contributed by atoms with Crippen molar-refractivity contribution in [3.8, 4) is 0 Å². The van der Waals surface area contributed by atoms with Gasteiger partial charge in [-0.2, -0.15) is 0 Å². The molecule has 0 bridgehead atoms. The Bertz CT molecular complexity index is 413. The number of nitrogens with zero attached hydrogens (tertiary/aromatic N) is 3. The van der Waals surface area contributed by atoms with Crippen LogP contribution in [-0.2, 0) is 13.5 Å². The first-order valence-electron chi connectivity index (χ1n) is 8.67. The number of rotatable bonds is 7. The first kappa shape index (κ1) is 16.5. The molecule has 0 aliphatic heterocycles. The Labute approximate surface area is 129 Å². The van der Waals surface area contributed by atoms with Crippen LogP contribution in [-0.4, -0.2) is 27.6 Å². The summed E-state index contributed by atoms with van der Waals surface area (Å²) < 4.78 is 1.82. The van der Waals surface area contributed by atoms with Crippen LogP contribution in [0, 0.1) is 17.8 Å². The van der Waals surface area contributed by atoms with Gasteiger partial charge >= 0.3 is 0 Å². The van der Waals surface area contributed by atoms with Crippen molar-refractivity contribution < 1.29 is 0 Å². The summed E-state index contributed by atoms with van der Waals surface area (Å²) in [6.07, 6.45) is 10.0. The smallest absolute Gasteiger partial charge is 0.0829 e. The molecule has 4 heteroatoms. The Balaban J connectivity index is 1.97. The zero-order chi connectivity index (χ0) is 15.2. The van der Waals surface area contributed by atoms with Gasteiger partial charge in [-0.25, -0.2) is 0 Å². The third kappa shape index (κ3) is 5.10. The number of hydrogen-bond donors (Lipinski definition) is 1. The van der Waals surface area contributed by atoms with Gasteiger partial charge in [-0.15, -0.1) is 5.10 Å². The topological polar surface area (TPSA) is 42.7 Å². The molecule has 1 heterocycles. The van der Waals surface area contributed by atoms with E-state index in [4.69, 9.17) is 0 Å². The van der Waals surface area contributed by atoms with E-state index in [1.165, 1.54) is 32.1 Å². The lowest BCUT2D eigenvalue weighted by Crippen LogP contribution is -2.36.